The molecule has 488 valence electrons. The molecule has 5 saturated heterocycles. The molecule has 0 aromatic carbocycles. The molecule has 0 aromatic rings. The van der Waals surface area contributed by atoms with Crippen LogP contribution in [0.2, 0.25) is 0 Å². The molecule has 0 spiro atoms. The summed E-state index contributed by atoms with van der Waals surface area (Å²) in [6, 6.07) is 0. The van der Waals surface area contributed by atoms with E-state index < -0.39 is 194 Å². The van der Waals surface area contributed by atoms with Crippen molar-refractivity contribution in [1.82, 2.24) is 0 Å². The third-order valence-electron chi connectivity index (χ3n) is 20.2. The molecule has 0 unspecified atom stereocenters. The second-order valence-corrected chi connectivity index (χ2v) is 27.4. The Morgan fingerprint density at radius 3 is 1.68 bits per heavy atom. The van der Waals surface area contributed by atoms with Crippen LogP contribution in [-0.2, 0) is 66.7 Å². The van der Waals surface area contributed by atoms with Gasteiger partial charge in [0, 0.05) is 6.42 Å². The minimum atomic E-state index is -4.87. The normalized spacial score (nSPS) is 51.6. The van der Waals surface area contributed by atoms with Crippen molar-refractivity contribution in [1.29, 1.82) is 0 Å². The lowest BCUT2D eigenvalue weighted by Crippen LogP contribution is -2.68. The fourth-order valence-corrected chi connectivity index (χ4v) is 16.0. The highest BCUT2D eigenvalue weighted by Gasteiger charge is 2.62. The monoisotopic (exact) mass is 1240 g/mol. The van der Waals surface area contributed by atoms with Crippen molar-refractivity contribution in [3.05, 3.63) is 23.3 Å². The molecule has 9 rings (SSSR count). The fraction of sp³-hybridized carbons (Fsp3) is 0.912. The smallest absolute Gasteiger partial charge is 0.394 e. The van der Waals surface area contributed by atoms with E-state index in [2.05, 4.69) is 19.9 Å². The number of carbonyl (C=O) groups excluding carboxylic acids is 1. The molecule has 5 heterocycles. The number of carbonyl (C=O) groups is 1. The molecule has 0 radical (unpaired) electrons. The maximum atomic E-state index is 13.1. The maximum Gasteiger partial charge on any atom is 0.397 e. The van der Waals surface area contributed by atoms with Crippen LogP contribution >= 0.6 is 0 Å². The van der Waals surface area contributed by atoms with Crippen molar-refractivity contribution in [2.75, 3.05) is 6.61 Å². The van der Waals surface area contributed by atoms with Gasteiger partial charge in [-0.25, -0.2) is 4.18 Å². The number of allylic oxidation sites excluding steroid dienone is 4. The lowest BCUT2D eigenvalue weighted by Gasteiger charge is -2.59. The highest BCUT2D eigenvalue weighted by atomic mass is 32.3. The first kappa shape index (κ1) is 67.5. The van der Waals surface area contributed by atoms with E-state index in [4.69, 9.17) is 51.6 Å². The molecule has 3 saturated carbocycles. The van der Waals surface area contributed by atoms with E-state index in [1.165, 1.54) is 33.3 Å². The van der Waals surface area contributed by atoms with Crippen molar-refractivity contribution < 1.29 is 131 Å². The molecule has 27 nitrogen and oxygen atoms in total. The van der Waals surface area contributed by atoms with Gasteiger partial charge < -0.3 is 109 Å². The summed E-state index contributed by atoms with van der Waals surface area (Å²) in [5.41, 5.74) is 1.38. The molecule has 33 atom stereocenters. The Kier molecular flexibility index (Phi) is 21.0. The van der Waals surface area contributed by atoms with Crippen LogP contribution in [0.4, 0.5) is 0 Å². The number of aliphatic hydroxyl groups is 12. The Labute approximate surface area is 495 Å². The molecule has 8 fully saturated rings. The van der Waals surface area contributed by atoms with Gasteiger partial charge in [0.05, 0.1) is 43.2 Å². The summed E-state index contributed by atoms with van der Waals surface area (Å²) in [4.78, 5) is 13.1. The molecule has 5 aliphatic heterocycles. The molecule has 9 aliphatic rings. The molecule has 0 aromatic heterocycles. The summed E-state index contributed by atoms with van der Waals surface area (Å²) in [7, 11) is -4.87. The van der Waals surface area contributed by atoms with Crippen molar-refractivity contribution in [2.24, 2.45) is 40.4 Å². The van der Waals surface area contributed by atoms with Crippen LogP contribution in [0.1, 0.15) is 114 Å². The van der Waals surface area contributed by atoms with E-state index >= 15 is 0 Å². The van der Waals surface area contributed by atoms with E-state index in [1.54, 1.807) is 6.08 Å². The lowest BCUT2D eigenvalue weighted by atomic mass is 9.48. The molecule has 0 bridgehead atoms. The molecule has 4 aliphatic carbocycles. The lowest BCUT2D eigenvalue weighted by molar-refractivity contribution is -0.408. The second-order valence-electron chi connectivity index (χ2n) is 26.4. The van der Waals surface area contributed by atoms with E-state index in [1.807, 2.05) is 20.8 Å². The molecule has 0 amide bonds. The summed E-state index contributed by atoms with van der Waals surface area (Å²) in [5.74, 6) is -0.0363. The second kappa shape index (κ2) is 26.4. The van der Waals surface area contributed by atoms with E-state index in [9.17, 15) is 79.0 Å². The van der Waals surface area contributed by atoms with Crippen LogP contribution in [-0.4, -0.2) is 252 Å². The highest BCUT2D eigenvalue weighted by molar-refractivity contribution is 7.80. The van der Waals surface area contributed by atoms with Gasteiger partial charge in [-0.15, -0.1) is 0 Å². The van der Waals surface area contributed by atoms with Gasteiger partial charge >= 0.3 is 10.4 Å². The summed E-state index contributed by atoms with van der Waals surface area (Å²) in [5, 5.41) is 135. The topological polar surface area (TPSA) is 416 Å². The number of aliphatic hydroxyl groups excluding tert-OH is 12. The quantitative estimate of drug-likeness (QED) is 0.0449. The van der Waals surface area contributed by atoms with Gasteiger partial charge in [-0.3, -0.25) is 9.35 Å². The number of hydrogen-bond acceptors (Lipinski definition) is 26. The van der Waals surface area contributed by atoms with Gasteiger partial charge in [0.15, 0.2) is 37.2 Å². The Bertz CT molecular complexity index is 2470. The van der Waals surface area contributed by atoms with E-state index in [0.29, 0.717) is 19.3 Å². The zero-order chi connectivity index (χ0) is 62.3. The minimum Gasteiger partial charge on any atom is -0.394 e. The fourth-order valence-electron chi connectivity index (χ4n) is 15.5. The zero-order valence-electron chi connectivity index (χ0n) is 49.4. The highest BCUT2D eigenvalue weighted by Crippen LogP contribution is 2.67. The van der Waals surface area contributed by atoms with Crippen molar-refractivity contribution in [3.8, 4) is 0 Å². The average Bonchev–Trinajstić information content (AvgIpc) is 1.77. The van der Waals surface area contributed by atoms with Crippen LogP contribution in [0.3, 0.4) is 0 Å². The van der Waals surface area contributed by atoms with Crippen LogP contribution in [0.15, 0.2) is 23.3 Å². The molecule has 28 heteroatoms. The average molecular weight is 1240 g/mol. The van der Waals surface area contributed by atoms with Crippen LogP contribution < -0.4 is 0 Å². The van der Waals surface area contributed by atoms with Crippen molar-refractivity contribution in [3.63, 3.8) is 0 Å². The summed E-state index contributed by atoms with van der Waals surface area (Å²) < 4.78 is 101. The summed E-state index contributed by atoms with van der Waals surface area (Å²) >= 11 is 0. The third kappa shape index (κ3) is 13.4. The third-order valence-corrected chi connectivity index (χ3v) is 20.7. The van der Waals surface area contributed by atoms with Crippen molar-refractivity contribution >= 4 is 16.2 Å². The standard InChI is InChI=1S/C57H92O27S/c1-21(2)16-27(59)17-22(3)30-10-11-31-29-19-34(33-18-28(84-85(71,72)73)12-14-57(33,9)32(29)13-15-56(30,31)8)78-53-46(70)48(39(63)26(7)76-53)81-55-50(83-52-44(68)41(65)37(61)24(5)75-52)45(69)47(35(20-58)79-55)80-54-49(42(66)38(62)25(6)77-54)82-51-43(67)40(64)36(60)23(4)74-51/h13,17,21,23-26,28-31,33-55,58,60-70H,10-12,14-16,18-20H2,1-9H3,(H,71,72,73)/b22-17-/t23-,24-,25-,26-,28+,29+,30-,31+,33-,34+,35-,36+,37-,38+,39-,40+,41+,42+,43-,44-,45+,46-,47-,48+,49-,50-,51+,52+,53+,54+,55+,56-,57-/m1/s1. The van der Waals surface area contributed by atoms with Gasteiger partial charge in [-0.05, 0) is 126 Å². The molecular formula is C57H92O27S. The molecule has 85 heavy (non-hydrogen) atoms. The van der Waals surface area contributed by atoms with E-state index in [0.717, 1.165) is 24.8 Å². The van der Waals surface area contributed by atoms with Gasteiger partial charge in [-0.1, -0.05) is 44.9 Å². The predicted octanol–water partition coefficient (Wildman–Crippen LogP) is -1.48. The predicted molar refractivity (Wildman–Crippen MR) is 289 cm³/mol. The Hall–Kier alpha value is -1.86. The summed E-state index contributed by atoms with van der Waals surface area (Å²) in [6.45, 7) is 15.0. The van der Waals surface area contributed by atoms with Crippen molar-refractivity contribution in [2.45, 2.75) is 279 Å². The van der Waals surface area contributed by atoms with Gasteiger partial charge in [0.1, 0.15) is 97.7 Å². The number of rotatable bonds is 17. The number of ketones is 1. The Morgan fingerprint density at radius 2 is 1.12 bits per heavy atom. The van der Waals surface area contributed by atoms with Gasteiger partial charge in [0.2, 0.25) is 0 Å². The number of hydrogen-bond donors (Lipinski definition) is 13. The Morgan fingerprint density at radius 1 is 0.612 bits per heavy atom. The minimum absolute atomic E-state index is 0.0699. The SMILES string of the molecule is C/C(=C/C(=O)CC(C)C)[C@H]1CC[C@H]2[C@@H]3C[C@H](O[C@@H]4O[C@H](C)[C@@H](O)[C@H](O[C@@H]5O[C@H](CO)[C@@H](O[C@@H]6O[C@H](C)[C@H](O)[C@H](O)[C@H]6O[C@@H]6O[C@H](C)[C@H](O)[C@H](O)[C@H]6O)[C@H](O)[C@H]5O[C@@H]5O[C@H](C)[C@@H](O)[C@H](O)[C@H]5O)[C@H]4O)[C@H]4C[C@@H](OS(=O)(=O)O)CC[C@]4(C)C3=CC[C@]12C. The Balaban J connectivity index is 1.00. The first-order chi connectivity index (χ1) is 39.8. The zero-order valence-corrected chi connectivity index (χ0v) is 50.2. The van der Waals surface area contributed by atoms with Crippen LogP contribution in [0, 0.1) is 40.4 Å². The first-order valence-electron chi connectivity index (χ1n) is 30.0. The number of ether oxygens (including phenoxy) is 10. The van der Waals surface area contributed by atoms with E-state index in [-0.39, 0.29) is 47.7 Å². The molecular weight excluding hydrogens is 1150 g/mol. The van der Waals surface area contributed by atoms with Gasteiger partial charge in [-0.2, -0.15) is 8.42 Å². The van der Waals surface area contributed by atoms with Crippen LogP contribution in [0.5, 0.6) is 0 Å². The number of fused-ring (bicyclic) bond motifs is 5. The van der Waals surface area contributed by atoms with Crippen LogP contribution in [0.25, 0.3) is 0 Å². The largest absolute Gasteiger partial charge is 0.397 e. The van der Waals surface area contributed by atoms with Gasteiger partial charge in [0.25, 0.3) is 0 Å². The molecule has 13 N–H and O–H groups in total. The maximum absolute atomic E-state index is 13.1. The summed E-state index contributed by atoms with van der Waals surface area (Å²) in [6.07, 6.45) is -36.1. The first-order valence-corrected chi connectivity index (χ1v) is 31.4.